The van der Waals surface area contributed by atoms with Crippen LogP contribution in [-0.2, 0) is 6.54 Å². The normalized spacial score (nSPS) is 18.9. The summed E-state index contributed by atoms with van der Waals surface area (Å²) in [5.74, 6) is -4.76. The third-order valence-corrected chi connectivity index (χ3v) is 4.66. The number of halogens is 4. The van der Waals surface area contributed by atoms with E-state index in [4.69, 9.17) is 4.74 Å². The maximum Gasteiger partial charge on any atom is 0.316 e. The van der Waals surface area contributed by atoms with E-state index in [2.05, 4.69) is 10.3 Å². The summed E-state index contributed by atoms with van der Waals surface area (Å²) in [6, 6.07) is 1.35. The number of nitrogens with zero attached hydrogens (tertiary/aromatic N) is 2. The zero-order valence-electron chi connectivity index (χ0n) is 16.0. The molecule has 0 bridgehead atoms. The molecule has 3 rings (SSSR count). The summed E-state index contributed by atoms with van der Waals surface area (Å²) >= 11 is 0. The number of hydrogen-bond acceptors (Lipinski definition) is 4. The van der Waals surface area contributed by atoms with Crippen LogP contribution in [-0.4, -0.2) is 22.7 Å². The quantitative estimate of drug-likeness (QED) is 0.600. The fraction of sp³-hybridized carbons (Fsp3) is 0.300. The third kappa shape index (κ3) is 4.33. The molecule has 1 aliphatic carbocycles. The molecule has 0 saturated carbocycles. The smallest absolute Gasteiger partial charge is 0.316 e. The van der Waals surface area contributed by atoms with Crippen LogP contribution in [0.25, 0.3) is 0 Å². The molecule has 0 fully saturated rings. The molecule has 2 aromatic rings. The summed E-state index contributed by atoms with van der Waals surface area (Å²) < 4.78 is 60.5. The Kier molecular flexibility index (Phi) is 5.76. The summed E-state index contributed by atoms with van der Waals surface area (Å²) in [5, 5.41) is 3.05. The molecule has 154 valence electrons. The van der Waals surface area contributed by atoms with Gasteiger partial charge >= 0.3 is 5.56 Å². The van der Waals surface area contributed by atoms with Crippen molar-refractivity contribution in [2.24, 2.45) is 5.92 Å². The number of rotatable bonds is 5. The molecule has 0 saturated heterocycles. The highest BCUT2D eigenvalue weighted by Crippen LogP contribution is 2.26. The van der Waals surface area contributed by atoms with Gasteiger partial charge in [0.25, 0.3) is 0 Å². The number of allylic oxidation sites excluding steroid dienone is 2. The van der Waals surface area contributed by atoms with Crippen LogP contribution in [0.5, 0.6) is 5.75 Å². The van der Waals surface area contributed by atoms with E-state index in [0.29, 0.717) is 5.57 Å². The lowest BCUT2D eigenvalue weighted by Gasteiger charge is -2.26. The van der Waals surface area contributed by atoms with E-state index < -0.39 is 23.0 Å². The molecule has 2 atom stereocenters. The highest BCUT2D eigenvalue weighted by Gasteiger charge is 2.22. The lowest BCUT2D eigenvalue weighted by Crippen LogP contribution is -2.31. The molecular weight excluding hydrogens is 390 g/mol. The van der Waals surface area contributed by atoms with Gasteiger partial charge in [-0.15, -0.1) is 0 Å². The van der Waals surface area contributed by atoms with E-state index in [1.54, 1.807) is 19.9 Å². The molecule has 5 nitrogen and oxygen atoms in total. The molecule has 2 unspecified atom stereocenters. The SMILES string of the molecule is COc1cn(Cc2cc(F)c(F)c(F)c2)c(NC2C=C(C)C(F)=CC2C)nc1=O. The first kappa shape index (κ1) is 20.6. The summed E-state index contributed by atoms with van der Waals surface area (Å²) in [7, 11) is 1.29. The first-order valence-electron chi connectivity index (χ1n) is 8.81. The number of aromatic nitrogens is 2. The van der Waals surface area contributed by atoms with Gasteiger partial charge < -0.3 is 14.6 Å². The van der Waals surface area contributed by atoms with Crippen LogP contribution in [0.4, 0.5) is 23.5 Å². The van der Waals surface area contributed by atoms with Gasteiger partial charge in [0.2, 0.25) is 11.7 Å². The van der Waals surface area contributed by atoms with Crippen molar-refractivity contribution in [3.8, 4) is 5.75 Å². The standard InChI is InChI=1S/C20H19F4N3O2/c1-10-5-16(11(2)4-13(10)21)25-20-26-19(28)17(29-3)9-27(20)8-12-6-14(22)18(24)15(23)7-12/h4-7,9,11,16H,8H2,1-3H3,(H,25,26,28). The van der Waals surface area contributed by atoms with E-state index in [1.807, 2.05) is 0 Å². The minimum Gasteiger partial charge on any atom is -0.490 e. The van der Waals surface area contributed by atoms with E-state index in [1.165, 1.54) is 23.9 Å². The minimum atomic E-state index is -1.56. The molecular formula is C20H19F4N3O2. The second-order valence-corrected chi connectivity index (χ2v) is 6.83. The molecule has 0 amide bonds. The molecule has 1 heterocycles. The largest absolute Gasteiger partial charge is 0.490 e. The number of ether oxygens (including phenoxy) is 1. The van der Waals surface area contributed by atoms with Crippen molar-refractivity contribution < 1.29 is 22.3 Å². The van der Waals surface area contributed by atoms with Crippen molar-refractivity contribution in [3.63, 3.8) is 0 Å². The maximum absolute atomic E-state index is 13.8. The van der Waals surface area contributed by atoms with E-state index in [0.717, 1.165) is 12.1 Å². The van der Waals surface area contributed by atoms with Crippen molar-refractivity contribution in [3.05, 3.63) is 75.3 Å². The number of benzene rings is 1. The Bertz CT molecular complexity index is 1040. The Morgan fingerprint density at radius 1 is 1.17 bits per heavy atom. The minimum absolute atomic E-state index is 0.0760. The van der Waals surface area contributed by atoms with Gasteiger partial charge in [-0.25, -0.2) is 17.6 Å². The van der Waals surface area contributed by atoms with Crippen LogP contribution < -0.4 is 15.6 Å². The van der Waals surface area contributed by atoms with Crippen molar-refractivity contribution in [2.45, 2.75) is 26.4 Å². The highest BCUT2D eigenvalue weighted by atomic mass is 19.2. The number of anilines is 1. The van der Waals surface area contributed by atoms with Gasteiger partial charge in [0.1, 0.15) is 5.83 Å². The highest BCUT2D eigenvalue weighted by molar-refractivity contribution is 5.39. The Labute approximate surface area is 164 Å². The van der Waals surface area contributed by atoms with Crippen LogP contribution in [0.15, 0.2) is 46.7 Å². The van der Waals surface area contributed by atoms with Crippen molar-refractivity contribution >= 4 is 5.95 Å². The van der Waals surface area contributed by atoms with Crippen LogP contribution in [0.1, 0.15) is 19.4 Å². The van der Waals surface area contributed by atoms with Gasteiger partial charge in [0.05, 0.1) is 25.9 Å². The Morgan fingerprint density at radius 3 is 2.45 bits per heavy atom. The van der Waals surface area contributed by atoms with E-state index in [9.17, 15) is 22.4 Å². The second-order valence-electron chi connectivity index (χ2n) is 6.83. The average molecular weight is 409 g/mol. The molecule has 9 heteroatoms. The molecule has 0 radical (unpaired) electrons. The number of methoxy groups -OCH3 is 1. The number of nitrogens with one attached hydrogen (secondary N) is 1. The topological polar surface area (TPSA) is 56.1 Å². The summed E-state index contributed by atoms with van der Waals surface area (Å²) in [6.07, 6.45) is 4.44. The Balaban J connectivity index is 1.99. The van der Waals surface area contributed by atoms with Gasteiger partial charge in [-0.1, -0.05) is 13.0 Å². The molecule has 1 aliphatic rings. The van der Waals surface area contributed by atoms with Crippen LogP contribution in [0, 0.1) is 23.4 Å². The van der Waals surface area contributed by atoms with Gasteiger partial charge in [0, 0.05) is 5.92 Å². The van der Waals surface area contributed by atoms with Crippen LogP contribution in [0.3, 0.4) is 0 Å². The summed E-state index contributed by atoms with van der Waals surface area (Å²) in [4.78, 5) is 16.1. The molecule has 29 heavy (non-hydrogen) atoms. The maximum atomic E-state index is 13.8. The summed E-state index contributed by atoms with van der Waals surface area (Å²) in [5.41, 5.74) is -0.0920. The molecule has 0 aliphatic heterocycles. The molecule has 1 aromatic carbocycles. The molecule has 0 spiro atoms. The average Bonchev–Trinajstić information content (AvgIpc) is 2.66. The first-order valence-corrected chi connectivity index (χ1v) is 8.81. The van der Waals surface area contributed by atoms with E-state index >= 15 is 0 Å². The molecule has 1 aromatic heterocycles. The van der Waals surface area contributed by atoms with Gasteiger partial charge in [-0.2, -0.15) is 4.98 Å². The third-order valence-electron chi connectivity index (χ3n) is 4.66. The first-order chi connectivity index (χ1) is 13.7. The monoisotopic (exact) mass is 409 g/mol. The zero-order valence-corrected chi connectivity index (χ0v) is 16.0. The second kappa shape index (κ2) is 8.10. The predicted octanol–water partition coefficient (Wildman–Crippen LogP) is 3.95. The summed E-state index contributed by atoms with van der Waals surface area (Å²) in [6.45, 7) is 3.29. The predicted molar refractivity (Wildman–Crippen MR) is 100.0 cm³/mol. The fourth-order valence-corrected chi connectivity index (χ4v) is 3.03. The lowest BCUT2D eigenvalue weighted by atomic mass is 9.93. The lowest BCUT2D eigenvalue weighted by molar-refractivity contribution is 0.402. The number of hydrogen-bond donors (Lipinski definition) is 1. The Morgan fingerprint density at radius 2 is 1.83 bits per heavy atom. The fourth-order valence-electron chi connectivity index (χ4n) is 3.03. The van der Waals surface area contributed by atoms with E-state index in [-0.39, 0.29) is 41.6 Å². The Hall–Kier alpha value is -3.10. The van der Waals surface area contributed by atoms with Gasteiger partial charge in [-0.05, 0) is 36.3 Å². The van der Waals surface area contributed by atoms with Crippen LogP contribution in [0.2, 0.25) is 0 Å². The van der Waals surface area contributed by atoms with Crippen LogP contribution >= 0.6 is 0 Å². The van der Waals surface area contributed by atoms with Crippen molar-refractivity contribution in [2.75, 3.05) is 12.4 Å². The van der Waals surface area contributed by atoms with Crippen molar-refractivity contribution in [1.29, 1.82) is 0 Å². The van der Waals surface area contributed by atoms with Gasteiger partial charge in [0.15, 0.2) is 17.5 Å². The van der Waals surface area contributed by atoms with Gasteiger partial charge in [-0.3, -0.25) is 4.79 Å². The molecule has 1 N–H and O–H groups in total. The van der Waals surface area contributed by atoms with Crippen molar-refractivity contribution in [1.82, 2.24) is 9.55 Å². The zero-order chi connectivity index (χ0) is 21.3.